The van der Waals surface area contributed by atoms with E-state index in [4.69, 9.17) is 4.74 Å². The summed E-state index contributed by atoms with van der Waals surface area (Å²) in [7, 11) is 0. The van der Waals surface area contributed by atoms with Gasteiger partial charge in [0.2, 0.25) is 0 Å². The summed E-state index contributed by atoms with van der Waals surface area (Å²) in [6.07, 6.45) is 6.51. The van der Waals surface area contributed by atoms with Crippen LogP contribution in [0.4, 0.5) is 0 Å². The van der Waals surface area contributed by atoms with Crippen molar-refractivity contribution in [2.45, 2.75) is 58.0 Å². The van der Waals surface area contributed by atoms with Gasteiger partial charge >= 0.3 is 5.97 Å². The van der Waals surface area contributed by atoms with Crippen molar-refractivity contribution in [3.63, 3.8) is 0 Å². The van der Waals surface area contributed by atoms with Crippen molar-refractivity contribution in [1.82, 2.24) is 9.97 Å². The Bertz CT molecular complexity index is 703. The van der Waals surface area contributed by atoms with Gasteiger partial charge < -0.3 is 4.74 Å². The van der Waals surface area contributed by atoms with Crippen molar-refractivity contribution in [3.8, 4) is 0 Å². The Balaban J connectivity index is 1.67. The summed E-state index contributed by atoms with van der Waals surface area (Å²) in [6.45, 7) is 6.70. The molecule has 1 aliphatic rings. The minimum atomic E-state index is -0.205. The first-order valence-corrected chi connectivity index (χ1v) is 8.86. The maximum Gasteiger partial charge on any atom is 0.315 e. The molecule has 23 heavy (non-hydrogen) atoms. The van der Waals surface area contributed by atoms with E-state index >= 15 is 0 Å². The second-order valence-corrected chi connectivity index (χ2v) is 7.98. The lowest BCUT2D eigenvalue weighted by molar-refractivity contribution is -0.147. The standard InChI is InChI=1S/C18H22N2O2S/c1-18(2,3)13-7-12(8-19-9-13)10-22-17(21)14-5-4-6-15-16(14)20-11-23-15/h7-9,11,14H,4-6,10H2,1-3H3. The lowest BCUT2D eigenvalue weighted by atomic mass is 9.88. The fourth-order valence-electron chi connectivity index (χ4n) is 2.82. The number of esters is 1. The van der Waals surface area contributed by atoms with Crippen molar-refractivity contribution in [2.24, 2.45) is 0 Å². The minimum Gasteiger partial charge on any atom is -0.460 e. The third-order valence-corrected chi connectivity index (χ3v) is 5.13. The van der Waals surface area contributed by atoms with E-state index in [1.165, 1.54) is 4.88 Å². The van der Waals surface area contributed by atoms with Crippen LogP contribution in [0.15, 0.2) is 24.0 Å². The Morgan fingerprint density at radius 3 is 3.00 bits per heavy atom. The number of fused-ring (bicyclic) bond motifs is 1. The number of aromatic nitrogens is 2. The van der Waals surface area contributed by atoms with Gasteiger partial charge in [-0.1, -0.05) is 20.8 Å². The smallest absolute Gasteiger partial charge is 0.315 e. The number of pyridine rings is 1. The number of nitrogens with zero attached hydrogens (tertiary/aromatic N) is 2. The third-order valence-electron chi connectivity index (χ3n) is 4.23. The fourth-order valence-corrected chi connectivity index (χ4v) is 3.69. The van der Waals surface area contributed by atoms with Gasteiger partial charge in [-0.15, -0.1) is 11.3 Å². The molecule has 2 aromatic rings. The second kappa shape index (κ2) is 6.40. The molecule has 4 nitrogen and oxygen atoms in total. The largest absolute Gasteiger partial charge is 0.460 e. The molecule has 1 aliphatic carbocycles. The van der Waals surface area contributed by atoms with Gasteiger partial charge in [-0.25, -0.2) is 4.98 Å². The minimum absolute atomic E-state index is 0.0336. The normalized spacial score (nSPS) is 17.6. The zero-order valence-corrected chi connectivity index (χ0v) is 14.7. The van der Waals surface area contributed by atoms with Crippen LogP contribution in [0.3, 0.4) is 0 Å². The van der Waals surface area contributed by atoms with Crippen molar-refractivity contribution < 1.29 is 9.53 Å². The van der Waals surface area contributed by atoms with Crippen molar-refractivity contribution >= 4 is 17.3 Å². The van der Waals surface area contributed by atoms with Crippen LogP contribution in [-0.4, -0.2) is 15.9 Å². The molecule has 0 N–H and O–H groups in total. The molecule has 0 amide bonds. The lowest BCUT2D eigenvalue weighted by Crippen LogP contribution is -2.20. The van der Waals surface area contributed by atoms with E-state index in [-0.39, 0.29) is 23.9 Å². The lowest BCUT2D eigenvalue weighted by Gasteiger charge is -2.21. The van der Waals surface area contributed by atoms with Crippen LogP contribution < -0.4 is 0 Å². The van der Waals surface area contributed by atoms with Crippen LogP contribution in [0.5, 0.6) is 0 Å². The molecule has 122 valence electrons. The summed E-state index contributed by atoms with van der Waals surface area (Å²) in [6, 6.07) is 2.06. The summed E-state index contributed by atoms with van der Waals surface area (Å²) < 4.78 is 5.55. The van der Waals surface area contributed by atoms with Gasteiger partial charge in [-0.3, -0.25) is 9.78 Å². The number of carbonyl (C=O) groups is 1. The van der Waals surface area contributed by atoms with Crippen molar-refractivity contribution in [3.05, 3.63) is 45.7 Å². The van der Waals surface area contributed by atoms with E-state index in [0.717, 1.165) is 36.1 Å². The van der Waals surface area contributed by atoms with Crippen LogP contribution >= 0.6 is 11.3 Å². The zero-order chi connectivity index (χ0) is 16.4. The summed E-state index contributed by atoms with van der Waals surface area (Å²) in [5.74, 6) is -0.373. The van der Waals surface area contributed by atoms with E-state index in [2.05, 4.69) is 36.8 Å². The molecule has 3 rings (SSSR count). The molecule has 0 radical (unpaired) electrons. The number of carbonyl (C=O) groups excluding carboxylic acids is 1. The quantitative estimate of drug-likeness (QED) is 0.798. The van der Waals surface area contributed by atoms with Gasteiger partial charge in [-0.2, -0.15) is 0 Å². The molecule has 2 aromatic heterocycles. The van der Waals surface area contributed by atoms with Gasteiger partial charge in [0.1, 0.15) is 12.5 Å². The maximum atomic E-state index is 12.4. The average molecular weight is 330 g/mol. The Kier molecular flexibility index (Phi) is 4.48. The van der Waals surface area contributed by atoms with Crippen LogP contribution in [0.1, 0.15) is 61.2 Å². The zero-order valence-electron chi connectivity index (χ0n) is 13.8. The van der Waals surface area contributed by atoms with Crippen LogP contribution in [0.25, 0.3) is 0 Å². The number of aryl methyl sites for hydroxylation is 1. The Hall–Kier alpha value is -1.75. The monoisotopic (exact) mass is 330 g/mol. The Morgan fingerprint density at radius 1 is 1.39 bits per heavy atom. The molecule has 0 aromatic carbocycles. The molecular formula is C18H22N2O2S. The SMILES string of the molecule is CC(C)(C)c1cncc(COC(=O)C2CCCc3scnc32)c1. The predicted octanol–water partition coefficient (Wildman–Crippen LogP) is 4.00. The molecule has 1 atom stereocenters. The highest BCUT2D eigenvalue weighted by molar-refractivity contribution is 7.09. The first-order chi connectivity index (χ1) is 10.9. The van der Waals surface area contributed by atoms with E-state index in [1.807, 2.05) is 11.7 Å². The number of hydrogen-bond acceptors (Lipinski definition) is 5. The topological polar surface area (TPSA) is 52.1 Å². The van der Waals surface area contributed by atoms with E-state index < -0.39 is 0 Å². The summed E-state index contributed by atoms with van der Waals surface area (Å²) in [4.78, 5) is 22.3. The van der Waals surface area contributed by atoms with Crippen molar-refractivity contribution in [2.75, 3.05) is 0 Å². The molecular weight excluding hydrogens is 308 g/mol. The molecule has 0 spiro atoms. The number of hydrogen-bond donors (Lipinski definition) is 0. The molecule has 0 saturated heterocycles. The first kappa shape index (κ1) is 16.1. The average Bonchev–Trinajstić information content (AvgIpc) is 3.00. The highest BCUT2D eigenvalue weighted by Crippen LogP contribution is 2.34. The predicted molar refractivity (Wildman–Crippen MR) is 90.5 cm³/mol. The van der Waals surface area contributed by atoms with Gasteiger partial charge in [0.15, 0.2) is 0 Å². The molecule has 0 saturated carbocycles. The highest BCUT2D eigenvalue weighted by atomic mass is 32.1. The van der Waals surface area contributed by atoms with E-state index in [9.17, 15) is 4.79 Å². The van der Waals surface area contributed by atoms with Crippen molar-refractivity contribution in [1.29, 1.82) is 0 Å². The number of ether oxygens (including phenoxy) is 1. The maximum absolute atomic E-state index is 12.4. The first-order valence-electron chi connectivity index (χ1n) is 7.98. The van der Waals surface area contributed by atoms with E-state index in [0.29, 0.717) is 0 Å². The van der Waals surface area contributed by atoms with Crippen LogP contribution in [0, 0.1) is 0 Å². The van der Waals surface area contributed by atoms with Gasteiger partial charge in [0.05, 0.1) is 11.2 Å². The number of thiazole rings is 1. The summed E-state index contributed by atoms with van der Waals surface area (Å²) >= 11 is 1.64. The summed E-state index contributed by atoms with van der Waals surface area (Å²) in [5, 5.41) is 0. The van der Waals surface area contributed by atoms with Gasteiger partial charge in [0.25, 0.3) is 0 Å². The van der Waals surface area contributed by atoms with Gasteiger partial charge in [0, 0.05) is 22.8 Å². The summed E-state index contributed by atoms with van der Waals surface area (Å²) in [5.41, 5.74) is 4.86. The van der Waals surface area contributed by atoms with Crippen LogP contribution in [-0.2, 0) is 28.0 Å². The molecule has 1 unspecified atom stereocenters. The number of rotatable bonds is 3. The molecule has 2 heterocycles. The van der Waals surface area contributed by atoms with Gasteiger partial charge in [-0.05, 0) is 36.3 Å². The highest BCUT2D eigenvalue weighted by Gasteiger charge is 2.30. The van der Waals surface area contributed by atoms with E-state index in [1.54, 1.807) is 17.5 Å². The Morgan fingerprint density at radius 2 is 2.22 bits per heavy atom. The third kappa shape index (κ3) is 3.61. The molecule has 0 aliphatic heterocycles. The Labute approximate surface area is 140 Å². The second-order valence-electron chi connectivity index (χ2n) is 7.05. The molecule has 0 fully saturated rings. The fraction of sp³-hybridized carbons (Fsp3) is 0.500. The molecule has 0 bridgehead atoms. The molecule has 5 heteroatoms. The van der Waals surface area contributed by atoms with Crippen LogP contribution in [0.2, 0.25) is 0 Å².